The number of hydrogen-bond donors (Lipinski definition) is 2. The Morgan fingerprint density at radius 3 is 2.41 bits per heavy atom. The molecule has 7 nitrogen and oxygen atoms in total. The smallest absolute Gasteiger partial charge is 0.326 e. The summed E-state index contributed by atoms with van der Waals surface area (Å²) < 4.78 is 7.48. The second-order valence-corrected chi connectivity index (χ2v) is 9.76. The molecular weight excluding hydrogens is 537 g/mol. The number of nitrogens with one attached hydrogen (secondary N) is 1. The van der Waals surface area contributed by atoms with E-state index in [4.69, 9.17) is 27.9 Å². The molecule has 1 atom stereocenters. The number of aliphatic carboxylic acids is 1. The lowest BCUT2D eigenvalue weighted by Gasteiger charge is -2.14. The van der Waals surface area contributed by atoms with Gasteiger partial charge in [-0.2, -0.15) is 0 Å². The van der Waals surface area contributed by atoms with Crippen molar-refractivity contribution >= 4 is 40.7 Å². The van der Waals surface area contributed by atoms with Crippen molar-refractivity contribution in [3.63, 3.8) is 0 Å². The van der Waals surface area contributed by atoms with E-state index in [2.05, 4.69) is 10.3 Å². The number of amides is 1. The van der Waals surface area contributed by atoms with Gasteiger partial charge in [-0.3, -0.25) is 4.79 Å². The molecule has 0 fully saturated rings. The van der Waals surface area contributed by atoms with Gasteiger partial charge in [-0.05, 0) is 53.1 Å². The molecule has 9 heteroatoms. The minimum absolute atomic E-state index is 0.102. The number of carboxylic acid groups (broad SMARTS) is 1. The molecule has 196 valence electrons. The van der Waals surface area contributed by atoms with Gasteiger partial charge in [0.05, 0.1) is 0 Å². The number of halogens is 2. The van der Waals surface area contributed by atoms with Crippen molar-refractivity contribution in [3.05, 3.63) is 124 Å². The average molecular weight is 560 g/mol. The molecule has 0 bridgehead atoms. The highest BCUT2D eigenvalue weighted by Gasteiger charge is 2.23. The van der Waals surface area contributed by atoms with E-state index in [1.807, 2.05) is 42.5 Å². The van der Waals surface area contributed by atoms with Crippen molar-refractivity contribution < 1.29 is 19.4 Å². The molecule has 0 radical (unpaired) electrons. The predicted molar refractivity (Wildman–Crippen MR) is 150 cm³/mol. The summed E-state index contributed by atoms with van der Waals surface area (Å²) >= 11 is 12.3. The molecule has 3 aromatic carbocycles. The fraction of sp³-hybridized carbons (Fsp3) is 0.100. The Morgan fingerprint density at radius 1 is 0.923 bits per heavy atom. The van der Waals surface area contributed by atoms with Gasteiger partial charge in [0.15, 0.2) is 0 Å². The van der Waals surface area contributed by atoms with Gasteiger partial charge in [0.1, 0.15) is 29.7 Å². The summed E-state index contributed by atoms with van der Waals surface area (Å²) in [6, 6.07) is 24.6. The van der Waals surface area contributed by atoms with Crippen molar-refractivity contribution in [2.75, 3.05) is 0 Å². The van der Waals surface area contributed by atoms with E-state index in [9.17, 15) is 14.7 Å². The molecule has 2 N–H and O–H groups in total. The third kappa shape index (κ3) is 6.39. The van der Waals surface area contributed by atoms with Gasteiger partial charge in [-0.15, -0.1) is 0 Å². The average Bonchev–Trinajstić information content (AvgIpc) is 3.36. The topological polar surface area (TPSA) is 92.9 Å². The molecule has 0 unspecified atom stereocenters. The van der Waals surface area contributed by atoms with E-state index >= 15 is 0 Å². The Labute approximate surface area is 234 Å². The van der Waals surface area contributed by atoms with E-state index < -0.39 is 17.9 Å². The van der Waals surface area contributed by atoms with Gasteiger partial charge in [0.25, 0.3) is 5.91 Å². The second kappa shape index (κ2) is 11.6. The SMILES string of the molecule is O=C(N[C@@H](Cc1ccc(OCc2ccccc2)cc1)C(=O)O)c1cn2cc(-c3ccc(Cl)cc3Cl)ccc2n1. The van der Waals surface area contributed by atoms with Crippen LogP contribution in [0.4, 0.5) is 0 Å². The van der Waals surface area contributed by atoms with Crippen LogP contribution < -0.4 is 10.1 Å². The van der Waals surface area contributed by atoms with Crippen LogP contribution in [-0.4, -0.2) is 32.4 Å². The van der Waals surface area contributed by atoms with Crippen LogP contribution in [0.25, 0.3) is 16.8 Å². The number of pyridine rings is 1. The van der Waals surface area contributed by atoms with Crippen LogP contribution in [0.1, 0.15) is 21.6 Å². The predicted octanol–water partition coefficient (Wildman–Crippen LogP) is 6.31. The lowest BCUT2D eigenvalue weighted by molar-refractivity contribution is -0.139. The molecular formula is C30H23Cl2N3O4. The van der Waals surface area contributed by atoms with Gasteiger partial charge >= 0.3 is 5.97 Å². The standard InChI is InChI=1S/C30H23Cl2N3O4/c31-22-9-12-24(25(32)15-22)21-8-13-28-33-27(17-35(28)16-21)29(36)34-26(30(37)38)14-19-6-10-23(11-7-19)39-18-20-4-2-1-3-5-20/h1-13,15-17,26H,14,18H2,(H,34,36)(H,37,38)/t26-/m0/s1. The first-order chi connectivity index (χ1) is 18.9. The first-order valence-electron chi connectivity index (χ1n) is 12.1. The van der Waals surface area contributed by atoms with Gasteiger partial charge in [-0.25, -0.2) is 9.78 Å². The van der Waals surface area contributed by atoms with Crippen molar-refractivity contribution in [1.82, 2.24) is 14.7 Å². The number of rotatable bonds is 9. The first kappa shape index (κ1) is 26.3. The number of imidazole rings is 1. The Balaban J connectivity index is 1.25. The monoisotopic (exact) mass is 559 g/mol. The van der Waals surface area contributed by atoms with Crippen LogP contribution in [0.15, 0.2) is 97.3 Å². The zero-order valence-corrected chi connectivity index (χ0v) is 22.1. The number of hydrogen-bond acceptors (Lipinski definition) is 4. The van der Waals surface area contributed by atoms with Crippen LogP contribution in [0.3, 0.4) is 0 Å². The molecule has 2 aromatic heterocycles. The minimum atomic E-state index is -1.14. The molecule has 1 amide bonds. The molecule has 5 rings (SSSR count). The van der Waals surface area contributed by atoms with Crippen LogP contribution in [0.5, 0.6) is 5.75 Å². The van der Waals surface area contributed by atoms with E-state index in [1.165, 1.54) is 0 Å². The molecule has 0 aliphatic heterocycles. The van der Waals surface area contributed by atoms with Gasteiger partial charge < -0.3 is 19.6 Å². The number of aromatic nitrogens is 2. The highest BCUT2D eigenvalue weighted by atomic mass is 35.5. The number of benzene rings is 3. The molecule has 0 aliphatic carbocycles. The van der Waals surface area contributed by atoms with Crippen LogP contribution >= 0.6 is 23.2 Å². The van der Waals surface area contributed by atoms with E-state index in [-0.39, 0.29) is 12.1 Å². The molecule has 39 heavy (non-hydrogen) atoms. The van der Waals surface area contributed by atoms with E-state index in [0.717, 1.165) is 22.3 Å². The number of carbonyl (C=O) groups is 2. The second-order valence-electron chi connectivity index (χ2n) is 8.92. The van der Waals surface area contributed by atoms with Crippen molar-refractivity contribution in [1.29, 1.82) is 0 Å². The lowest BCUT2D eigenvalue weighted by Crippen LogP contribution is -2.42. The van der Waals surface area contributed by atoms with Gasteiger partial charge in [0, 0.05) is 34.4 Å². The Hall–Kier alpha value is -4.33. The summed E-state index contributed by atoms with van der Waals surface area (Å²) in [6.45, 7) is 0.432. The summed E-state index contributed by atoms with van der Waals surface area (Å²) in [4.78, 5) is 29.2. The Morgan fingerprint density at radius 2 is 1.69 bits per heavy atom. The summed E-state index contributed by atoms with van der Waals surface area (Å²) in [5.41, 5.74) is 4.02. The molecule has 2 heterocycles. The van der Waals surface area contributed by atoms with Crippen molar-refractivity contribution in [3.8, 4) is 16.9 Å². The lowest BCUT2D eigenvalue weighted by atomic mass is 10.1. The molecule has 5 aromatic rings. The van der Waals surface area contributed by atoms with Crippen molar-refractivity contribution in [2.45, 2.75) is 19.1 Å². The Kier molecular flexibility index (Phi) is 7.81. The van der Waals surface area contributed by atoms with Crippen LogP contribution in [0.2, 0.25) is 10.0 Å². The summed E-state index contributed by atoms with van der Waals surface area (Å²) in [5.74, 6) is -1.06. The highest BCUT2D eigenvalue weighted by molar-refractivity contribution is 6.36. The maximum Gasteiger partial charge on any atom is 0.326 e. The highest BCUT2D eigenvalue weighted by Crippen LogP contribution is 2.30. The normalized spacial score (nSPS) is 11.7. The van der Waals surface area contributed by atoms with Crippen LogP contribution in [-0.2, 0) is 17.8 Å². The number of carbonyl (C=O) groups excluding carboxylic acids is 1. The van der Waals surface area contributed by atoms with Gasteiger partial charge in [-0.1, -0.05) is 71.7 Å². The number of carboxylic acids is 1. The maximum absolute atomic E-state index is 12.9. The minimum Gasteiger partial charge on any atom is -0.489 e. The zero-order valence-electron chi connectivity index (χ0n) is 20.6. The number of ether oxygens (including phenoxy) is 1. The molecule has 0 aliphatic rings. The van der Waals surface area contributed by atoms with E-state index in [1.54, 1.807) is 59.3 Å². The summed E-state index contributed by atoms with van der Waals surface area (Å²) in [6.07, 6.45) is 3.45. The molecule has 0 saturated carbocycles. The number of fused-ring (bicyclic) bond motifs is 1. The third-order valence-corrected chi connectivity index (χ3v) is 6.69. The van der Waals surface area contributed by atoms with Gasteiger partial charge in [0.2, 0.25) is 0 Å². The van der Waals surface area contributed by atoms with E-state index in [0.29, 0.717) is 28.0 Å². The first-order valence-corrected chi connectivity index (χ1v) is 12.8. The largest absolute Gasteiger partial charge is 0.489 e. The quantitative estimate of drug-likeness (QED) is 0.220. The zero-order chi connectivity index (χ0) is 27.4. The number of nitrogens with zero attached hydrogens (tertiary/aromatic N) is 2. The Bertz CT molecular complexity index is 1640. The molecule has 0 saturated heterocycles. The third-order valence-electron chi connectivity index (χ3n) is 6.14. The maximum atomic E-state index is 12.9. The fourth-order valence-electron chi connectivity index (χ4n) is 4.11. The summed E-state index contributed by atoms with van der Waals surface area (Å²) in [7, 11) is 0. The fourth-order valence-corrected chi connectivity index (χ4v) is 4.63. The van der Waals surface area contributed by atoms with Crippen LogP contribution in [0, 0.1) is 0 Å². The summed E-state index contributed by atoms with van der Waals surface area (Å²) in [5, 5.41) is 13.4. The van der Waals surface area contributed by atoms with Crippen molar-refractivity contribution in [2.24, 2.45) is 0 Å². The molecule has 0 spiro atoms.